The van der Waals surface area contributed by atoms with Crippen LogP contribution in [0.5, 0.6) is 0 Å². The van der Waals surface area contributed by atoms with Gasteiger partial charge in [0, 0.05) is 19.5 Å². The standard InChI is InChI=1S/C11H21N5O.HI/c1-5-8(3)14-11(12-6-2)13-7-10-15-9(4)17-16-10;/h8H,5-7H2,1-4H3,(H2,12,13,14);1H. The number of hydrogen-bond donors (Lipinski definition) is 2. The summed E-state index contributed by atoms with van der Waals surface area (Å²) < 4.78 is 4.89. The SMILES string of the molecule is CCNC(=NCc1noc(C)n1)NC(C)CC.I. The van der Waals surface area contributed by atoms with Crippen LogP contribution in [0.2, 0.25) is 0 Å². The average molecular weight is 367 g/mol. The third-order valence-corrected chi connectivity index (χ3v) is 2.29. The number of hydrogen-bond acceptors (Lipinski definition) is 4. The van der Waals surface area contributed by atoms with Crippen molar-refractivity contribution in [2.45, 2.75) is 46.7 Å². The molecule has 0 fully saturated rings. The van der Waals surface area contributed by atoms with E-state index in [-0.39, 0.29) is 24.0 Å². The molecule has 0 aliphatic rings. The van der Waals surface area contributed by atoms with Gasteiger partial charge >= 0.3 is 0 Å². The van der Waals surface area contributed by atoms with Gasteiger partial charge in [0.1, 0.15) is 6.54 Å². The number of aryl methyl sites for hydroxylation is 1. The van der Waals surface area contributed by atoms with Crippen molar-refractivity contribution in [1.29, 1.82) is 0 Å². The zero-order valence-electron chi connectivity index (χ0n) is 11.4. The summed E-state index contributed by atoms with van der Waals surface area (Å²) in [5, 5.41) is 10.3. The lowest BCUT2D eigenvalue weighted by Crippen LogP contribution is -2.41. The lowest BCUT2D eigenvalue weighted by Gasteiger charge is -2.15. The summed E-state index contributed by atoms with van der Waals surface area (Å²) in [4.78, 5) is 8.50. The fourth-order valence-electron chi connectivity index (χ4n) is 1.21. The van der Waals surface area contributed by atoms with Gasteiger partial charge in [-0.15, -0.1) is 24.0 Å². The molecule has 1 atom stereocenters. The second kappa shape index (κ2) is 9.12. The molecule has 0 amide bonds. The molecule has 1 aromatic rings. The zero-order valence-corrected chi connectivity index (χ0v) is 13.7. The molecule has 0 bridgehead atoms. The highest BCUT2D eigenvalue weighted by Crippen LogP contribution is 1.97. The molecule has 0 saturated carbocycles. The largest absolute Gasteiger partial charge is 0.357 e. The van der Waals surface area contributed by atoms with E-state index in [0.29, 0.717) is 24.3 Å². The first kappa shape index (κ1) is 17.1. The van der Waals surface area contributed by atoms with Gasteiger partial charge in [0.25, 0.3) is 0 Å². The predicted molar refractivity (Wildman–Crippen MR) is 82.2 cm³/mol. The fourth-order valence-corrected chi connectivity index (χ4v) is 1.21. The minimum absolute atomic E-state index is 0. The molecule has 1 aromatic heterocycles. The Labute approximate surface area is 125 Å². The smallest absolute Gasteiger partial charge is 0.223 e. The van der Waals surface area contributed by atoms with Crippen LogP contribution in [0.3, 0.4) is 0 Å². The average Bonchev–Trinajstić information content (AvgIpc) is 2.72. The summed E-state index contributed by atoms with van der Waals surface area (Å²) in [6.07, 6.45) is 1.05. The summed E-state index contributed by atoms with van der Waals surface area (Å²) in [5.41, 5.74) is 0. The minimum atomic E-state index is 0. The van der Waals surface area contributed by atoms with Crippen LogP contribution >= 0.6 is 24.0 Å². The first-order chi connectivity index (χ1) is 8.15. The highest BCUT2D eigenvalue weighted by atomic mass is 127. The van der Waals surface area contributed by atoms with Gasteiger partial charge in [0.15, 0.2) is 11.8 Å². The molecule has 6 nitrogen and oxygen atoms in total. The molecule has 7 heteroatoms. The molecule has 1 unspecified atom stereocenters. The van der Waals surface area contributed by atoms with E-state index in [2.05, 4.69) is 39.6 Å². The van der Waals surface area contributed by atoms with Crippen molar-refractivity contribution in [1.82, 2.24) is 20.8 Å². The van der Waals surface area contributed by atoms with Gasteiger partial charge in [-0.1, -0.05) is 12.1 Å². The van der Waals surface area contributed by atoms with Gasteiger partial charge in [-0.25, -0.2) is 4.99 Å². The van der Waals surface area contributed by atoms with Crippen molar-refractivity contribution < 1.29 is 4.52 Å². The quantitative estimate of drug-likeness (QED) is 0.472. The van der Waals surface area contributed by atoms with Gasteiger partial charge < -0.3 is 15.2 Å². The van der Waals surface area contributed by atoms with E-state index in [0.717, 1.165) is 18.9 Å². The highest BCUT2D eigenvalue weighted by Gasteiger charge is 2.04. The van der Waals surface area contributed by atoms with Crippen LogP contribution in [0.15, 0.2) is 9.52 Å². The molecule has 1 rings (SSSR count). The number of guanidine groups is 1. The fraction of sp³-hybridized carbons (Fsp3) is 0.727. The Morgan fingerprint density at radius 1 is 1.44 bits per heavy atom. The first-order valence-electron chi connectivity index (χ1n) is 5.99. The summed E-state index contributed by atoms with van der Waals surface area (Å²) in [7, 11) is 0. The van der Waals surface area contributed by atoms with Crippen molar-refractivity contribution in [2.24, 2.45) is 4.99 Å². The van der Waals surface area contributed by atoms with Crippen LogP contribution in [0.4, 0.5) is 0 Å². The molecule has 0 radical (unpaired) electrons. The first-order valence-corrected chi connectivity index (χ1v) is 5.99. The van der Waals surface area contributed by atoms with E-state index in [1.165, 1.54) is 0 Å². The number of nitrogens with one attached hydrogen (secondary N) is 2. The normalized spacial score (nSPS) is 12.8. The van der Waals surface area contributed by atoms with E-state index < -0.39 is 0 Å². The Balaban J connectivity index is 0.00000289. The Kier molecular flexibility index (Phi) is 8.69. The van der Waals surface area contributed by atoms with E-state index in [9.17, 15) is 0 Å². The summed E-state index contributed by atoms with van der Waals surface area (Å²) in [6.45, 7) is 9.29. The lowest BCUT2D eigenvalue weighted by atomic mass is 10.3. The number of aliphatic imine (C=N–C) groups is 1. The third kappa shape index (κ3) is 6.18. The summed E-state index contributed by atoms with van der Waals surface area (Å²) >= 11 is 0. The molecule has 0 saturated heterocycles. The Bertz CT molecular complexity index is 366. The number of halogens is 1. The summed E-state index contributed by atoms with van der Waals surface area (Å²) in [5.74, 6) is 1.95. The van der Waals surface area contributed by atoms with Crippen LogP contribution < -0.4 is 10.6 Å². The second-order valence-corrected chi connectivity index (χ2v) is 3.88. The van der Waals surface area contributed by atoms with Crippen LogP contribution in [0.1, 0.15) is 38.9 Å². The predicted octanol–water partition coefficient (Wildman–Crippen LogP) is 1.85. The molecule has 1 heterocycles. The molecule has 0 aromatic carbocycles. The second-order valence-electron chi connectivity index (χ2n) is 3.88. The Morgan fingerprint density at radius 2 is 2.17 bits per heavy atom. The van der Waals surface area contributed by atoms with Crippen molar-refractivity contribution in [3.05, 3.63) is 11.7 Å². The van der Waals surface area contributed by atoms with Crippen molar-refractivity contribution in [2.75, 3.05) is 6.54 Å². The minimum Gasteiger partial charge on any atom is -0.357 e. The Morgan fingerprint density at radius 3 is 2.67 bits per heavy atom. The number of rotatable bonds is 5. The van der Waals surface area contributed by atoms with Gasteiger partial charge in [0.05, 0.1) is 0 Å². The van der Waals surface area contributed by atoms with Crippen molar-refractivity contribution in [3.63, 3.8) is 0 Å². The topological polar surface area (TPSA) is 75.3 Å². The van der Waals surface area contributed by atoms with Gasteiger partial charge in [-0.2, -0.15) is 4.98 Å². The molecule has 104 valence electrons. The van der Waals surface area contributed by atoms with E-state index in [1.807, 2.05) is 6.92 Å². The molecule has 0 spiro atoms. The van der Waals surface area contributed by atoms with E-state index in [1.54, 1.807) is 6.92 Å². The highest BCUT2D eigenvalue weighted by molar-refractivity contribution is 14.0. The van der Waals surface area contributed by atoms with Crippen LogP contribution in [0, 0.1) is 6.92 Å². The molecule has 18 heavy (non-hydrogen) atoms. The maximum absolute atomic E-state index is 4.89. The zero-order chi connectivity index (χ0) is 12.7. The van der Waals surface area contributed by atoms with E-state index in [4.69, 9.17) is 4.52 Å². The molecule has 0 aliphatic carbocycles. The van der Waals surface area contributed by atoms with Gasteiger partial charge in [0.2, 0.25) is 5.89 Å². The summed E-state index contributed by atoms with van der Waals surface area (Å²) in [6, 6.07) is 0.389. The molecule has 2 N–H and O–H groups in total. The van der Waals surface area contributed by atoms with Crippen molar-refractivity contribution >= 4 is 29.9 Å². The number of aromatic nitrogens is 2. The maximum Gasteiger partial charge on any atom is 0.223 e. The van der Waals surface area contributed by atoms with Crippen molar-refractivity contribution in [3.8, 4) is 0 Å². The Hall–Kier alpha value is -0.860. The van der Waals surface area contributed by atoms with Crippen LogP contribution in [-0.4, -0.2) is 28.7 Å². The molecular formula is C11H22IN5O. The third-order valence-electron chi connectivity index (χ3n) is 2.29. The molecular weight excluding hydrogens is 345 g/mol. The number of nitrogens with zero attached hydrogens (tertiary/aromatic N) is 3. The van der Waals surface area contributed by atoms with Gasteiger partial charge in [-0.3, -0.25) is 0 Å². The lowest BCUT2D eigenvalue weighted by molar-refractivity contribution is 0.387. The monoisotopic (exact) mass is 367 g/mol. The van der Waals surface area contributed by atoms with Crippen LogP contribution in [-0.2, 0) is 6.54 Å². The maximum atomic E-state index is 4.89. The van der Waals surface area contributed by atoms with E-state index >= 15 is 0 Å². The van der Waals surface area contributed by atoms with Crippen LogP contribution in [0.25, 0.3) is 0 Å². The molecule has 0 aliphatic heterocycles. The van der Waals surface area contributed by atoms with Gasteiger partial charge in [-0.05, 0) is 20.3 Å².